The average Bonchev–Trinajstić information content (AvgIpc) is 0.811. The van der Waals surface area contributed by atoms with E-state index in [2.05, 4.69) is 0 Å². The van der Waals surface area contributed by atoms with E-state index in [1.165, 1.54) is 0 Å². The van der Waals surface area contributed by atoms with Crippen molar-refractivity contribution in [2.45, 2.75) is 6.92 Å². The molecule has 0 aromatic heterocycles. The van der Waals surface area contributed by atoms with Crippen LogP contribution in [0.5, 0.6) is 0 Å². The molecule has 0 aromatic carbocycles. The van der Waals surface area contributed by atoms with Gasteiger partial charge in [-0.15, -0.1) is 12.4 Å². The molecule has 0 aliphatic carbocycles. The Kier molecular flexibility index (Phi) is 24.3. The third-order valence-corrected chi connectivity index (χ3v) is 0. The summed E-state index contributed by atoms with van der Waals surface area (Å²) in [5.74, 6) is -0.833. The average molecular weight is 162 g/mol. The van der Waals surface area contributed by atoms with Crippen LogP contribution in [-0.2, 0) is 24.3 Å². The van der Waals surface area contributed by atoms with Gasteiger partial charge in [-0.3, -0.25) is 4.79 Å². The molecule has 4 heteroatoms. The number of halogens is 1. The molecule has 0 aromatic rings. The van der Waals surface area contributed by atoms with E-state index in [1.807, 2.05) is 0 Å². The number of aliphatic carboxylic acids is 1. The van der Waals surface area contributed by atoms with Gasteiger partial charge in [0, 0.05) is 26.4 Å². The zero-order valence-electron chi connectivity index (χ0n) is 3.47. The van der Waals surface area contributed by atoms with E-state index in [1.54, 1.807) is 0 Å². The summed E-state index contributed by atoms with van der Waals surface area (Å²) >= 11 is 0. The minimum absolute atomic E-state index is 0. The van der Waals surface area contributed by atoms with Gasteiger partial charge in [-0.2, -0.15) is 0 Å². The van der Waals surface area contributed by atoms with Crippen molar-refractivity contribution in [1.82, 2.24) is 0 Å². The summed E-state index contributed by atoms with van der Waals surface area (Å²) in [5, 5.41) is 7.42. The van der Waals surface area contributed by atoms with E-state index in [0.717, 1.165) is 6.92 Å². The molecular formula is C2H5ClO2Zn. The normalized spacial score (nSPS) is 4.17. The molecule has 0 fully saturated rings. The number of hydrogen-bond acceptors (Lipinski definition) is 1. The summed E-state index contributed by atoms with van der Waals surface area (Å²) in [5.41, 5.74) is 0. The second-order valence-electron chi connectivity index (χ2n) is 0.519. The summed E-state index contributed by atoms with van der Waals surface area (Å²) < 4.78 is 0. The number of rotatable bonds is 0. The van der Waals surface area contributed by atoms with E-state index in [0.29, 0.717) is 0 Å². The van der Waals surface area contributed by atoms with Gasteiger partial charge < -0.3 is 5.11 Å². The van der Waals surface area contributed by atoms with Crippen molar-refractivity contribution in [3.8, 4) is 0 Å². The van der Waals surface area contributed by atoms with Gasteiger partial charge in [0.1, 0.15) is 0 Å². The fourth-order valence-electron chi connectivity index (χ4n) is 0. The van der Waals surface area contributed by atoms with Gasteiger partial charge in [0.05, 0.1) is 0 Å². The smallest absolute Gasteiger partial charge is 0.300 e. The largest absolute Gasteiger partial charge is 0.481 e. The molecule has 0 radical (unpaired) electrons. The van der Waals surface area contributed by atoms with Gasteiger partial charge in [0.25, 0.3) is 5.97 Å². The first-order valence-electron chi connectivity index (χ1n) is 0.928. The Balaban J connectivity index is -0.0000000450. The molecule has 2 nitrogen and oxygen atoms in total. The van der Waals surface area contributed by atoms with Crippen molar-refractivity contribution in [1.29, 1.82) is 0 Å². The molecule has 0 unspecified atom stereocenters. The molecule has 0 aliphatic rings. The van der Waals surface area contributed by atoms with Crippen molar-refractivity contribution in [3.05, 3.63) is 0 Å². The first-order valence-corrected chi connectivity index (χ1v) is 0.928. The third kappa shape index (κ3) is 341. The predicted octanol–water partition coefficient (Wildman–Crippen LogP) is 0.510. The molecule has 0 spiro atoms. The molecule has 34 valence electrons. The topological polar surface area (TPSA) is 37.3 Å². The summed E-state index contributed by atoms with van der Waals surface area (Å²) in [4.78, 5) is 9.00. The van der Waals surface area contributed by atoms with Crippen LogP contribution in [0.4, 0.5) is 0 Å². The van der Waals surface area contributed by atoms with Crippen LogP contribution in [0.3, 0.4) is 0 Å². The number of carbonyl (C=O) groups is 1. The van der Waals surface area contributed by atoms with Crippen molar-refractivity contribution >= 4 is 18.4 Å². The molecule has 0 rings (SSSR count). The zero-order chi connectivity index (χ0) is 3.58. The summed E-state index contributed by atoms with van der Waals surface area (Å²) in [6, 6.07) is 0. The number of carboxylic acid groups (broad SMARTS) is 1. The van der Waals surface area contributed by atoms with E-state index in [4.69, 9.17) is 9.90 Å². The Morgan fingerprint density at radius 1 is 1.67 bits per heavy atom. The van der Waals surface area contributed by atoms with Crippen molar-refractivity contribution in [2.24, 2.45) is 0 Å². The van der Waals surface area contributed by atoms with Gasteiger partial charge in [0.2, 0.25) is 0 Å². The Morgan fingerprint density at radius 3 is 1.67 bits per heavy atom. The Hall–Kier alpha value is 0.383. The van der Waals surface area contributed by atoms with Crippen LogP contribution in [-0.4, -0.2) is 11.1 Å². The minimum Gasteiger partial charge on any atom is -0.481 e. The van der Waals surface area contributed by atoms with Crippen LogP contribution in [0, 0.1) is 0 Å². The molecular weight excluding hydrogens is 157 g/mol. The molecule has 6 heavy (non-hydrogen) atoms. The predicted molar refractivity (Wildman–Crippen MR) is 20.6 cm³/mol. The molecule has 1 N–H and O–H groups in total. The summed E-state index contributed by atoms with van der Waals surface area (Å²) in [6.07, 6.45) is 0. The van der Waals surface area contributed by atoms with Crippen LogP contribution < -0.4 is 0 Å². The first kappa shape index (κ1) is 16.2. The quantitative estimate of drug-likeness (QED) is 0.526. The summed E-state index contributed by atoms with van der Waals surface area (Å²) in [7, 11) is 0. The van der Waals surface area contributed by atoms with Gasteiger partial charge in [0.15, 0.2) is 0 Å². The second kappa shape index (κ2) is 9.04. The fraction of sp³-hybridized carbons (Fsp3) is 0.500. The van der Waals surface area contributed by atoms with Crippen LogP contribution in [0.1, 0.15) is 6.92 Å². The second-order valence-corrected chi connectivity index (χ2v) is 0.519. The molecule has 0 amide bonds. The third-order valence-electron chi connectivity index (χ3n) is 0. The maximum Gasteiger partial charge on any atom is 0.300 e. The zero-order valence-corrected chi connectivity index (χ0v) is 7.25. The Labute approximate surface area is 55.1 Å². The number of carboxylic acids is 1. The van der Waals surface area contributed by atoms with Gasteiger partial charge in [-0.05, 0) is 0 Å². The summed E-state index contributed by atoms with van der Waals surface area (Å²) in [6.45, 7) is 1.08. The van der Waals surface area contributed by atoms with Crippen LogP contribution in [0.2, 0.25) is 0 Å². The van der Waals surface area contributed by atoms with Crippen molar-refractivity contribution in [2.75, 3.05) is 0 Å². The molecule has 0 heterocycles. The maximum absolute atomic E-state index is 9.00. The molecule has 0 bridgehead atoms. The van der Waals surface area contributed by atoms with Gasteiger partial charge >= 0.3 is 0 Å². The monoisotopic (exact) mass is 160 g/mol. The maximum atomic E-state index is 9.00. The first-order chi connectivity index (χ1) is 1.73. The molecule has 0 saturated heterocycles. The van der Waals surface area contributed by atoms with E-state index < -0.39 is 5.97 Å². The number of hydrogen-bond donors (Lipinski definition) is 1. The SMILES string of the molecule is CC(=O)O.Cl.[Zn]. The van der Waals surface area contributed by atoms with Gasteiger partial charge in [-0.1, -0.05) is 0 Å². The molecule has 0 saturated carbocycles. The van der Waals surface area contributed by atoms with Crippen molar-refractivity contribution < 1.29 is 29.4 Å². The standard InChI is InChI=1S/C2H4O2.ClH.Zn/c1-2(3)4;;/h1H3,(H,3,4);1H;. The Bertz CT molecular complexity index is 34.5. The molecule has 0 aliphatic heterocycles. The van der Waals surface area contributed by atoms with Crippen LogP contribution >= 0.6 is 12.4 Å². The van der Waals surface area contributed by atoms with Crippen LogP contribution in [0.15, 0.2) is 0 Å². The minimum atomic E-state index is -0.833. The van der Waals surface area contributed by atoms with Gasteiger partial charge in [-0.25, -0.2) is 0 Å². The van der Waals surface area contributed by atoms with Crippen molar-refractivity contribution in [3.63, 3.8) is 0 Å². The van der Waals surface area contributed by atoms with E-state index in [9.17, 15) is 0 Å². The Morgan fingerprint density at radius 2 is 1.67 bits per heavy atom. The molecule has 0 atom stereocenters. The van der Waals surface area contributed by atoms with E-state index >= 15 is 0 Å². The van der Waals surface area contributed by atoms with Crippen LogP contribution in [0.25, 0.3) is 0 Å². The fourth-order valence-corrected chi connectivity index (χ4v) is 0. The van der Waals surface area contributed by atoms with E-state index in [-0.39, 0.29) is 31.9 Å².